The van der Waals surface area contributed by atoms with Gasteiger partial charge in [0.15, 0.2) is 0 Å². The zero-order valence-electron chi connectivity index (χ0n) is 6.64. The van der Waals surface area contributed by atoms with Gasteiger partial charge in [0.25, 0.3) is 0 Å². The third kappa shape index (κ3) is 1.58. The molecule has 0 aromatic carbocycles. The van der Waals surface area contributed by atoms with E-state index in [1.807, 2.05) is 18.4 Å². The average Bonchev–Trinajstić information content (AvgIpc) is 2.34. The minimum atomic E-state index is 0.499. The van der Waals surface area contributed by atoms with E-state index in [1.165, 1.54) is 10.4 Å². The number of nitrogens with one attached hydrogen (secondary N) is 1. The Bertz CT molecular complexity index is 205. The van der Waals surface area contributed by atoms with E-state index in [1.54, 1.807) is 0 Å². The molecule has 0 saturated carbocycles. The molecule has 0 unspecified atom stereocenters. The molecule has 0 aliphatic rings. The van der Waals surface area contributed by atoms with E-state index in [9.17, 15) is 0 Å². The second-order valence-corrected chi connectivity index (χ2v) is 3.48. The highest BCUT2D eigenvalue weighted by atomic mass is 32.1. The van der Waals surface area contributed by atoms with E-state index in [0.29, 0.717) is 6.04 Å². The number of thiophene rings is 1. The van der Waals surface area contributed by atoms with Crippen molar-refractivity contribution < 1.29 is 0 Å². The van der Waals surface area contributed by atoms with Crippen LogP contribution >= 0.6 is 11.3 Å². The van der Waals surface area contributed by atoms with E-state index < -0.39 is 0 Å². The Morgan fingerprint density at radius 1 is 1.60 bits per heavy atom. The van der Waals surface area contributed by atoms with Gasteiger partial charge in [0.1, 0.15) is 0 Å². The molecule has 0 fully saturated rings. The van der Waals surface area contributed by atoms with E-state index in [0.717, 1.165) is 0 Å². The maximum atomic E-state index is 3.20. The van der Waals surface area contributed by atoms with Gasteiger partial charge < -0.3 is 5.32 Å². The molecule has 1 aromatic heterocycles. The van der Waals surface area contributed by atoms with Crippen molar-refractivity contribution in [2.45, 2.75) is 19.9 Å². The Morgan fingerprint density at radius 2 is 2.30 bits per heavy atom. The van der Waals surface area contributed by atoms with Crippen LogP contribution < -0.4 is 5.32 Å². The Morgan fingerprint density at radius 3 is 2.70 bits per heavy atom. The van der Waals surface area contributed by atoms with Crippen LogP contribution in [-0.4, -0.2) is 7.05 Å². The summed E-state index contributed by atoms with van der Waals surface area (Å²) in [7, 11) is 1.99. The topological polar surface area (TPSA) is 12.0 Å². The molecule has 1 heterocycles. The van der Waals surface area contributed by atoms with Crippen molar-refractivity contribution in [3.63, 3.8) is 0 Å². The highest BCUT2D eigenvalue weighted by Crippen LogP contribution is 2.20. The summed E-state index contributed by atoms with van der Waals surface area (Å²) in [5, 5.41) is 5.39. The Labute approximate surface area is 66.1 Å². The van der Waals surface area contributed by atoms with Crippen molar-refractivity contribution in [1.82, 2.24) is 5.32 Å². The van der Waals surface area contributed by atoms with Gasteiger partial charge in [0.2, 0.25) is 0 Å². The molecule has 1 N–H and O–H groups in total. The van der Waals surface area contributed by atoms with Crippen LogP contribution in [0.15, 0.2) is 11.4 Å². The Balaban J connectivity index is 2.74. The molecule has 0 amide bonds. The normalized spacial score (nSPS) is 13.5. The third-order valence-electron chi connectivity index (χ3n) is 1.61. The quantitative estimate of drug-likeness (QED) is 0.691. The largest absolute Gasteiger partial charge is 0.313 e. The molecule has 0 bridgehead atoms. The van der Waals surface area contributed by atoms with E-state index in [2.05, 4.69) is 30.6 Å². The van der Waals surface area contributed by atoms with Gasteiger partial charge in [0, 0.05) is 10.9 Å². The molecule has 56 valence electrons. The van der Waals surface area contributed by atoms with Crippen LogP contribution in [0.5, 0.6) is 0 Å². The maximum absolute atomic E-state index is 3.20. The minimum Gasteiger partial charge on any atom is -0.313 e. The van der Waals surface area contributed by atoms with E-state index in [4.69, 9.17) is 0 Å². The molecule has 0 spiro atoms. The van der Waals surface area contributed by atoms with E-state index in [-0.39, 0.29) is 0 Å². The number of rotatable bonds is 2. The van der Waals surface area contributed by atoms with Crippen LogP contribution in [0.1, 0.15) is 23.4 Å². The maximum Gasteiger partial charge on any atom is 0.0383 e. The standard InChI is InChI=1S/C8H13NS/c1-6-4-8(10-5-6)7(2)9-3/h4-5,7,9H,1-3H3/t7-/m1/s1. The van der Waals surface area contributed by atoms with E-state index >= 15 is 0 Å². The van der Waals surface area contributed by atoms with Gasteiger partial charge >= 0.3 is 0 Å². The molecular weight excluding hydrogens is 142 g/mol. The lowest BCUT2D eigenvalue weighted by Gasteiger charge is -2.05. The van der Waals surface area contributed by atoms with Gasteiger partial charge in [-0.15, -0.1) is 11.3 Å². The second-order valence-electron chi connectivity index (χ2n) is 2.54. The predicted molar refractivity (Wildman–Crippen MR) is 46.5 cm³/mol. The molecule has 0 radical (unpaired) electrons. The van der Waals surface area contributed by atoms with Crippen LogP contribution in [0.4, 0.5) is 0 Å². The summed E-state index contributed by atoms with van der Waals surface area (Å²) in [5.74, 6) is 0. The monoisotopic (exact) mass is 155 g/mol. The smallest absolute Gasteiger partial charge is 0.0383 e. The van der Waals surface area contributed by atoms with Gasteiger partial charge in [-0.2, -0.15) is 0 Å². The lowest BCUT2D eigenvalue weighted by Crippen LogP contribution is -2.10. The molecule has 1 nitrogen and oxygen atoms in total. The summed E-state index contributed by atoms with van der Waals surface area (Å²) in [5.41, 5.74) is 1.36. The highest BCUT2D eigenvalue weighted by molar-refractivity contribution is 7.10. The van der Waals surface area contributed by atoms with Crippen molar-refractivity contribution in [1.29, 1.82) is 0 Å². The lowest BCUT2D eigenvalue weighted by molar-refractivity contribution is 0.664. The molecule has 0 aliphatic heterocycles. The van der Waals surface area contributed by atoms with Crippen molar-refractivity contribution in [2.75, 3.05) is 7.05 Å². The van der Waals surface area contributed by atoms with Gasteiger partial charge in [0.05, 0.1) is 0 Å². The molecule has 0 saturated heterocycles. The molecule has 1 atom stereocenters. The summed E-state index contributed by atoms with van der Waals surface area (Å²) in [4.78, 5) is 1.42. The highest BCUT2D eigenvalue weighted by Gasteiger charge is 2.02. The fourth-order valence-corrected chi connectivity index (χ4v) is 1.79. The van der Waals surface area contributed by atoms with Gasteiger partial charge in [-0.1, -0.05) is 0 Å². The van der Waals surface area contributed by atoms with Crippen LogP contribution in [0.25, 0.3) is 0 Å². The summed E-state index contributed by atoms with van der Waals surface area (Å²) >= 11 is 1.82. The second kappa shape index (κ2) is 3.17. The Kier molecular flexibility index (Phi) is 2.46. The Hall–Kier alpha value is -0.340. The SMILES string of the molecule is CN[C@H](C)c1cc(C)cs1. The summed E-state index contributed by atoms with van der Waals surface area (Å²) < 4.78 is 0. The number of hydrogen-bond donors (Lipinski definition) is 1. The fraction of sp³-hybridized carbons (Fsp3) is 0.500. The van der Waals surface area contributed by atoms with Crippen LogP contribution in [0.3, 0.4) is 0 Å². The summed E-state index contributed by atoms with van der Waals surface area (Å²) in [6, 6.07) is 2.73. The first-order valence-electron chi connectivity index (χ1n) is 3.46. The third-order valence-corrected chi connectivity index (χ3v) is 2.84. The lowest BCUT2D eigenvalue weighted by atomic mass is 10.2. The number of hydrogen-bond acceptors (Lipinski definition) is 2. The fourth-order valence-electron chi connectivity index (χ4n) is 0.823. The zero-order valence-corrected chi connectivity index (χ0v) is 7.46. The molecule has 10 heavy (non-hydrogen) atoms. The van der Waals surface area contributed by atoms with Crippen molar-refractivity contribution in [2.24, 2.45) is 0 Å². The summed E-state index contributed by atoms with van der Waals surface area (Å²) in [6.45, 7) is 4.30. The minimum absolute atomic E-state index is 0.499. The van der Waals surface area contributed by atoms with Crippen LogP contribution in [0.2, 0.25) is 0 Å². The molecule has 2 heteroatoms. The van der Waals surface area contributed by atoms with Crippen LogP contribution in [0, 0.1) is 6.92 Å². The first-order chi connectivity index (χ1) is 4.74. The predicted octanol–water partition coefficient (Wildman–Crippen LogP) is 2.34. The van der Waals surface area contributed by atoms with Gasteiger partial charge in [-0.05, 0) is 37.9 Å². The zero-order chi connectivity index (χ0) is 7.56. The van der Waals surface area contributed by atoms with Gasteiger partial charge in [-0.25, -0.2) is 0 Å². The van der Waals surface area contributed by atoms with Crippen LogP contribution in [-0.2, 0) is 0 Å². The first-order valence-corrected chi connectivity index (χ1v) is 4.34. The van der Waals surface area contributed by atoms with Crippen molar-refractivity contribution >= 4 is 11.3 Å². The summed E-state index contributed by atoms with van der Waals surface area (Å²) in [6.07, 6.45) is 0. The van der Waals surface area contributed by atoms with Crippen molar-refractivity contribution in [3.05, 3.63) is 21.9 Å². The molecule has 1 rings (SSSR count). The molecule has 1 aromatic rings. The van der Waals surface area contributed by atoms with Gasteiger partial charge in [-0.3, -0.25) is 0 Å². The van der Waals surface area contributed by atoms with Crippen molar-refractivity contribution in [3.8, 4) is 0 Å². The first kappa shape index (κ1) is 7.76. The molecular formula is C8H13NS. The average molecular weight is 155 g/mol. The number of aryl methyl sites for hydroxylation is 1. The molecule has 0 aliphatic carbocycles.